The maximum atomic E-state index is 10.8. The summed E-state index contributed by atoms with van der Waals surface area (Å²) in [6, 6.07) is 6.08. The molecular formula is C20H31N3O. The van der Waals surface area contributed by atoms with Gasteiger partial charge in [-0.2, -0.15) is 5.10 Å². The van der Waals surface area contributed by atoms with E-state index in [9.17, 15) is 5.11 Å². The predicted octanol–water partition coefficient (Wildman–Crippen LogP) is 5.34. The van der Waals surface area contributed by atoms with Crippen molar-refractivity contribution in [3.63, 3.8) is 0 Å². The molecule has 0 fully saturated rings. The maximum absolute atomic E-state index is 10.8. The quantitative estimate of drug-likeness (QED) is 0.745. The lowest BCUT2D eigenvalue weighted by atomic mass is 9.79. The van der Waals surface area contributed by atoms with Gasteiger partial charge in [-0.05, 0) is 29.4 Å². The summed E-state index contributed by atoms with van der Waals surface area (Å²) in [5.41, 5.74) is 2.63. The van der Waals surface area contributed by atoms with Crippen molar-refractivity contribution < 1.29 is 5.11 Å². The fourth-order valence-electron chi connectivity index (χ4n) is 2.83. The molecule has 4 nitrogen and oxygen atoms in total. The van der Waals surface area contributed by atoms with E-state index in [0.29, 0.717) is 5.75 Å². The van der Waals surface area contributed by atoms with Gasteiger partial charge in [-0.1, -0.05) is 48.5 Å². The molecule has 0 unspecified atom stereocenters. The van der Waals surface area contributed by atoms with Gasteiger partial charge in [0.15, 0.2) is 0 Å². The van der Waals surface area contributed by atoms with Gasteiger partial charge in [0.1, 0.15) is 11.6 Å². The molecule has 4 heteroatoms. The highest BCUT2D eigenvalue weighted by atomic mass is 16.3. The molecule has 0 radical (unpaired) electrons. The van der Waals surface area contributed by atoms with Crippen LogP contribution in [0.5, 0.6) is 5.75 Å². The van der Waals surface area contributed by atoms with Crippen molar-refractivity contribution in [1.82, 2.24) is 9.78 Å². The molecule has 0 atom stereocenters. The standard InChI is InChI=1S/C20H31N3O/c1-8-11-23-17(9-10-21-23)22-14-12-15(19(2,3)4)18(24)16(13-14)20(5,6)7/h9-10,12-13,22,24H,8,11H2,1-7H3. The number of phenolic OH excluding ortho intramolecular Hbond substituents is 1. The minimum atomic E-state index is -0.133. The van der Waals surface area contributed by atoms with Crippen LogP contribution < -0.4 is 5.32 Å². The van der Waals surface area contributed by atoms with Crippen LogP contribution in [0.25, 0.3) is 0 Å². The van der Waals surface area contributed by atoms with E-state index in [1.54, 1.807) is 0 Å². The second-order valence-electron chi connectivity index (χ2n) is 8.48. The average Bonchev–Trinajstić information content (AvgIpc) is 2.86. The Bertz CT molecular complexity index is 667. The number of aromatic nitrogens is 2. The third-order valence-electron chi connectivity index (χ3n) is 4.15. The zero-order valence-electron chi connectivity index (χ0n) is 16.1. The first-order chi connectivity index (χ1) is 11.0. The minimum Gasteiger partial charge on any atom is -0.507 e. The van der Waals surface area contributed by atoms with E-state index in [1.165, 1.54) is 0 Å². The number of phenols is 1. The Hall–Kier alpha value is -1.97. The van der Waals surface area contributed by atoms with Crippen molar-refractivity contribution in [2.45, 2.75) is 72.3 Å². The smallest absolute Gasteiger partial charge is 0.128 e. The molecule has 0 saturated carbocycles. The van der Waals surface area contributed by atoms with Crippen LogP contribution in [0, 0.1) is 0 Å². The average molecular weight is 329 g/mol. The number of rotatable bonds is 4. The second kappa shape index (κ2) is 6.50. The number of benzene rings is 1. The molecule has 2 N–H and O–H groups in total. The van der Waals surface area contributed by atoms with Crippen molar-refractivity contribution in [3.8, 4) is 5.75 Å². The largest absolute Gasteiger partial charge is 0.507 e. The van der Waals surface area contributed by atoms with Gasteiger partial charge in [0.25, 0.3) is 0 Å². The van der Waals surface area contributed by atoms with Gasteiger partial charge >= 0.3 is 0 Å². The van der Waals surface area contributed by atoms with Crippen LogP contribution in [0.3, 0.4) is 0 Å². The third kappa shape index (κ3) is 3.92. The number of hydrogen-bond donors (Lipinski definition) is 2. The highest BCUT2D eigenvalue weighted by molar-refractivity contribution is 5.64. The van der Waals surface area contributed by atoms with Crippen LogP contribution in [0.2, 0.25) is 0 Å². The summed E-state index contributed by atoms with van der Waals surface area (Å²) in [5.74, 6) is 1.38. The van der Waals surface area contributed by atoms with E-state index in [-0.39, 0.29) is 10.8 Å². The third-order valence-corrected chi connectivity index (χ3v) is 4.15. The van der Waals surface area contributed by atoms with Gasteiger partial charge in [0.05, 0.1) is 6.20 Å². The molecule has 1 aromatic carbocycles. The SMILES string of the molecule is CCCn1nccc1Nc1cc(C(C)(C)C)c(O)c(C(C)(C)C)c1. The predicted molar refractivity (Wildman–Crippen MR) is 101 cm³/mol. The van der Waals surface area contributed by atoms with Gasteiger partial charge in [0.2, 0.25) is 0 Å². The fraction of sp³-hybridized carbons (Fsp3) is 0.550. The highest BCUT2D eigenvalue weighted by Gasteiger charge is 2.26. The van der Waals surface area contributed by atoms with Crippen LogP contribution in [-0.4, -0.2) is 14.9 Å². The molecule has 1 aromatic heterocycles. The van der Waals surface area contributed by atoms with E-state index < -0.39 is 0 Å². The van der Waals surface area contributed by atoms with Crippen LogP contribution >= 0.6 is 0 Å². The Balaban J connectivity index is 2.52. The lowest BCUT2D eigenvalue weighted by molar-refractivity contribution is 0.423. The Morgan fingerprint density at radius 3 is 2.04 bits per heavy atom. The Labute approximate surface area is 145 Å². The minimum absolute atomic E-state index is 0.133. The van der Waals surface area contributed by atoms with E-state index >= 15 is 0 Å². The van der Waals surface area contributed by atoms with E-state index in [4.69, 9.17) is 0 Å². The van der Waals surface area contributed by atoms with Crippen molar-refractivity contribution in [3.05, 3.63) is 35.5 Å². The summed E-state index contributed by atoms with van der Waals surface area (Å²) >= 11 is 0. The number of aromatic hydroxyl groups is 1. The highest BCUT2D eigenvalue weighted by Crippen LogP contribution is 2.41. The van der Waals surface area contributed by atoms with Crippen LogP contribution in [0.4, 0.5) is 11.5 Å². The molecule has 2 aromatic rings. The van der Waals surface area contributed by atoms with E-state index in [2.05, 4.69) is 58.9 Å². The molecule has 0 aliphatic carbocycles. The van der Waals surface area contributed by atoms with Crippen molar-refractivity contribution >= 4 is 11.5 Å². The lowest BCUT2D eigenvalue weighted by Gasteiger charge is -2.28. The summed E-state index contributed by atoms with van der Waals surface area (Å²) in [4.78, 5) is 0. The molecule has 24 heavy (non-hydrogen) atoms. The second-order valence-corrected chi connectivity index (χ2v) is 8.48. The first-order valence-electron chi connectivity index (χ1n) is 8.71. The first kappa shape index (κ1) is 18.4. The first-order valence-corrected chi connectivity index (χ1v) is 8.71. The molecule has 2 rings (SSSR count). The van der Waals surface area contributed by atoms with E-state index in [0.717, 1.165) is 35.6 Å². The Morgan fingerprint density at radius 1 is 1.04 bits per heavy atom. The zero-order valence-corrected chi connectivity index (χ0v) is 16.1. The normalized spacial score (nSPS) is 12.5. The molecule has 0 bridgehead atoms. The molecule has 0 saturated heterocycles. The van der Waals surface area contributed by atoms with Crippen molar-refractivity contribution in [2.75, 3.05) is 5.32 Å². The molecule has 0 spiro atoms. The van der Waals surface area contributed by atoms with Gasteiger partial charge in [-0.25, -0.2) is 4.68 Å². The van der Waals surface area contributed by atoms with Crippen LogP contribution in [0.15, 0.2) is 24.4 Å². The Kier molecular flexibility index (Phi) is 4.97. The number of hydrogen-bond acceptors (Lipinski definition) is 3. The maximum Gasteiger partial charge on any atom is 0.128 e. The number of aryl methyl sites for hydroxylation is 1. The van der Waals surface area contributed by atoms with Crippen LogP contribution in [-0.2, 0) is 17.4 Å². The fourth-order valence-corrected chi connectivity index (χ4v) is 2.83. The monoisotopic (exact) mass is 329 g/mol. The summed E-state index contributed by atoms with van der Waals surface area (Å²) in [6.45, 7) is 15.8. The Morgan fingerprint density at radius 2 is 1.58 bits per heavy atom. The van der Waals surface area contributed by atoms with Gasteiger partial charge < -0.3 is 10.4 Å². The molecule has 1 heterocycles. The summed E-state index contributed by atoms with van der Waals surface area (Å²) in [7, 11) is 0. The summed E-state index contributed by atoms with van der Waals surface area (Å²) in [5, 5.41) is 18.6. The van der Waals surface area contributed by atoms with Gasteiger partial charge in [-0.3, -0.25) is 0 Å². The molecule has 0 amide bonds. The topological polar surface area (TPSA) is 50.1 Å². The molecule has 0 aliphatic rings. The van der Waals surface area contributed by atoms with Gasteiger partial charge in [-0.15, -0.1) is 0 Å². The van der Waals surface area contributed by atoms with Crippen LogP contribution in [0.1, 0.15) is 66.0 Å². The van der Waals surface area contributed by atoms with Crippen molar-refractivity contribution in [2.24, 2.45) is 0 Å². The molecule has 0 aliphatic heterocycles. The van der Waals surface area contributed by atoms with E-state index in [1.807, 2.05) is 29.1 Å². The lowest BCUT2D eigenvalue weighted by Crippen LogP contribution is -2.18. The molecular weight excluding hydrogens is 298 g/mol. The molecule has 132 valence electrons. The zero-order chi connectivity index (χ0) is 18.1. The van der Waals surface area contributed by atoms with Gasteiger partial charge in [0, 0.05) is 29.4 Å². The summed E-state index contributed by atoms with van der Waals surface area (Å²) in [6.07, 6.45) is 2.85. The van der Waals surface area contributed by atoms with Crippen molar-refractivity contribution in [1.29, 1.82) is 0 Å². The number of nitrogens with one attached hydrogen (secondary N) is 1. The number of anilines is 2. The number of nitrogens with zero attached hydrogens (tertiary/aromatic N) is 2. The summed E-state index contributed by atoms with van der Waals surface area (Å²) < 4.78 is 1.97.